The van der Waals surface area contributed by atoms with Gasteiger partial charge in [0.25, 0.3) is 11.8 Å². The Kier molecular flexibility index (Phi) is 6.60. The first-order chi connectivity index (χ1) is 13.5. The van der Waals surface area contributed by atoms with E-state index < -0.39 is 0 Å². The minimum Gasteiger partial charge on any atom is -0.321 e. The zero-order valence-corrected chi connectivity index (χ0v) is 17.4. The number of hydrogen-bond donors (Lipinski definition) is 2. The van der Waals surface area contributed by atoms with Gasteiger partial charge in [0.1, 0.15) is 5.70 Å². The molecule has 3 aromatic carbocycles. The summed E-state index contributed by atoms with van der Waals surface area (Å²) in [6.45, 7) is 1.98. The van der Waals surface area contributed by atoms with Crippen LogP contribution in [0.2, 0.25) is 0 Å². The number of carbonyl (C=O) groups excluding carboxylic acids is 2. The standard InChI is InChI=1S/C23H19IN2O2/c1-16-7-13-20(14-8-16)25-23(28)21(15-17-5-3-2-4-6-17)26-22(27)18-9-11-19(24)12-10-18/h2-15H,1H3,(H,25,28)(H,26,27). The first-order valence-electron chi connectivity index (χ1n) is 8.73. The second-order valence-electron chi connectivity index (χ2n) is 6.25. The maximum atomic E-state index is 12.8. The van der Waals surface area contributed by atoms with Crippen molar-refractivity contribution >= 4 is 46.2 Å². The van der Waals surface area contributed by atoms with E-state index in [4.69, 9.17) is 0 Å². The van der Waals surface area contributed by atoms with Gasteiger partial charge in [-0.2, -0.15) is 0 Å². The molecule has 0 unspecified atom stereocenters. The van der Waals surface area contributed by atoms with Crippen molar-refractivity contribution in [2.45, 2.75) is 6.92 Å². The van der Waals surface area contributed by atoms with Crippen LogP contribution in [0.15, 0.2) is 84.6 Å². The predicted molar refractivity (Wildman–Crippen MR) is 121 cm³/mol. The molecular weight excluding hydrogens is 463 g/mol. The molecule has 0 heterocycles. The van der Waals surface area contributed by atoms with Gasteiger partial charge < -0.3 is 10.6 Å². The molecule has 140 valence electrons. The maximum Gasteiger partial charge on any atom is 0.272 e. The number of benzene rings is 3. The van der Waals surface area contributed by atoms with Gasteiger partial charge in [-0.3, -0.25) is 9.59 Å². The van der Waals surface area contributed by atoms with Crippen LogP contribution in [0.3, 0.4) is 0 Å². The Morgan fingerprint density at radius 1 is 0.857 bits per heavy atom. The van der Waals surface area contributed by atoms with E-state index in [1.807, 2.05) is 73.7 Å². The number of amides is 2. The van der Waals surface area contributed by atoms with Crippen LogP contribution in [0.1, 0.15) is 21.5 Å². The van der Waals surface area contributed by atoms with Crippen LogP contribution in [0, 0.1) is 10.5 Å². The van der Waals surface area contributed by atoms with Crippen molar-refractivity contribution in [1.82, 2.24) is 5.32 Å². The molecule has 0 aliphatic heterocycles. The van der Waals surface area contributed by atoms with Crippen molar-refractivity contribution in [2.24, 2.45) is 0 Å². The highest BCUT2D eigenvalue weighted by Crippen LogP contribution is 2.13. The first-order valence-corrected chi connectivity index (χ1v) is 9.81. The highest BCUT2D eigenvalue weighted by molar-refractivity contribution is 14.1. The van der Waals surface area contributed by atoms with Crippen LogP contribution in [-0.4, -0.2) is 11.8 Å². The smallest absolute Gasteiger partial charge is 0.272 e. The highest BCUT2D eigenvalue weighted by atomic mass is 127. The van der Waals surface area contributed by atoms with E-state index in [1.165, 1.54) is 0 Å². The molecule has 0 fully saturated rings. The second kappa shape index (κ2) is 9.32. The molecule has 0 aliphatic rings. The normalized spacial score (nSPS) is 11.0. The molecule has 0 aliphatic carbocycles. The van der Waals surface area contributed by atoms with Crippen molar-refractivity contribution in [2.75, 3.05) is 5.32 Å². The van der Waals surface area contributed by atoms with Crippen LogP contribution in [0.5, 0.6) is 0 Å². The van der Waals surface area contributed by atoms with E-state index >= 15 is 0 Å². The van der Waals surface area contributed by atoms with E-state index in [2.05, 4.69) is 33.2 Å². The quantitative estimate of drug-likeness (QED) is 0.397. The van der Waals surface area contributed by atoms with Gasteiger partial charge in [0.05, 0.1) is 0 Å². The van der Waals surface area contributed by atoms with Crippen LogP contribution in [0.4, 0.5) is 5.69 Å². The van der Waals surface area contributed by atoms with Crippen LogP contribution < -0.4 is 10.6 Å². The van der Waals surface area contributed by atoms with Crippen molar-refractivity contribution in [3.63, 3.8) is 0 Å². The molecule has 28 heavy (non-hydrogen) atoms. The summed E-state index contributed by atoms with van der Waals surface area (Å²) in [5.41, 5.74) is 3.25. The molecule has 2 N–H and O–H groups in total. The van der Waals surface area contributed by atoms with Gasteiger partial charge in [-0.1, -0.05) is 48.0 Å². The summed E-state index contributed by atoms with van der Waals surface area (Å²) in [5.74, 6) is -0.718. The molecule has 4 nitrogen and oxygen atoms in total. The van der Waals surface area contributed by atoms with Crippen LogP contribution in [0.25, 0.3) is 6.08 Å². The predicted octanol–water partition coefficient (Wildman–Crippen LogP) is 5.01. The molecule has 0 spiro atoms. The molecular formula is C23H19IN2O2. The third-order valence-electron chi connectivity index (χ3n) is 4.02. The van der Waals surface area contributed by atoms with Crippen molar-refractivity contribution in [1.29, 1.82) is 0 Å². The molecule has 3 rings (SSSR count). The lowest BCUT2D eigenvalue weighted by Crippen LogP contribution is -2.30. The lowest BCUT2D eigenvalue weighted by atomic mass is 10.1. The Morgan fingerprint density at radius 3 is 2.14 bits per heavy atom. The Morgan fingerprint density at radius 2 is 1.50 bits per heavy atom. The molecule has 2 amide bonds. The summed E-state index contributed by atoms with van der Waals surface area (Å²) in [6, 6.07) is 24.0. The largest absolute Gasteiger partial charge is 0.321 e. The fourth-order valence-corrected chi connectivity index (χ4v) is 2.86. The lowest BCUT2D eigenvalue weighted by molar-refractivity contribution is -0.113. The fourth-order valence-electron chi connectivity index (χ4n) is 2.51. The van der Waals surface area contributed by atoms with Crippen LogP contribution in [-0.2, 0) is 4.79 Å². The first kappa shape index (κ1) is 19.8. The SMILES string of the molecule is Cc1ccc(NC(=O)C(=Cc2ccccc2)NC(=O)c2ccc(I)cc2)cc1. The number of halogens is 1. The van der Waals surface area contributed by atoms with Gasteiger partial charge >= 0.3 is 0 Å². The molecule has 0 saturated carbocycles. The van der Waals surface area contributed by atoms with E-state index in [-0.39, 0.29) is 17.5 Å². The summed E-state index contributed by atoms with van der Waals surface area (Å²) in [6.07, 6.45) is 1.66. The average molecular weight is 482 g/mol. The van der Waals surface area contributed by atoms with E-state index in [9.17, 15) is 9.59 Å². The summed E-state index contributed by atoms with van der Waals surface area (Å²) < 4.78 is 1.03. The molecule has 0 saturated heterocycles. The number of anilines is 1. The molecule has 3 aromatic rings. The van der Waals surface area contributed by atoms with E-state index in [0.29, 0.717) is 11.3 Å². The summed E-state index contributed by atoms with van der Waals surface area (Å²) in [5, 5.41) is 5.57. The lowest BCUT2D eigenvalue weighted by Gasteiger charge is -2.12. The topological polar surface area (TPSA) is 58.2 Å². The number of carbonyl (C=O) groups is 2. The van der Waals surface area contributed by atoms with Crippen LogP contribution >= 0.6 is 22.6 Å². The Bertz CT molecular complexity index is 995. The van der Waals surface area contributed by atoms with E-state index in [1.54, 1.807) is 18.2 Å². The molecule has 0 atom stereocenters. The molecule has 5 heteroatoms. The van der Waals surface area contributed by atoms with Gasteiger partial charge in [-0.15, -0.1) is 0 Å². The third-order valence-corrected chi connectivity index (χ3v) is 4.74. The van der Waals surface area contributed by atoms with Gasteiger partial charge in [0.2, 0.25) is 0 Å². The number of aryl methyl sites for hydroxylation is 1. The average Bonchev–Trinajstić information content (AvgIpc) is 2.70. The summed E-state index contributed by atoms with van der Waals surface area (Å²) >= 11 is 2.18. The number of hydrogen-bond acceptors (Lipinski definition) is 2. The number of rotatable bonds is 5. The molecule has 0 bridgehead atoms. The van der Waals surface area contributed by atoms with Gasteiger partial charge in [0.15, 0.2) is 0 Å². The van der Waals surface area contributed by atoms with Gasteiger partial charge in [0, 0.05) is 14.8 Å². The minimum absolute atomic E-state index is 0.176. The third kappa shape index (κ3) is 5.53. The van der Waals surface area contributed by atoms with Crippen molar-refractivity contribution < 1.29 is 9.59 Å². The summed E-state index contributed by atoms with van der Waals surface area (Å²) in [7, 11) is 0. The molecule has 0 aromatic heterocycles. The highest BCUT2D eigenvalue weighted by Gasteiger charge is 2.15. The Labute approximate surface area is 177 Å². The van der Waals surface area contributed by atoms with Crippen molar-refractivity contribution in [3.8, 4) is 0 Å². The zero-order chi connectivity index (χ0) is 19.9. The fraction of sp³-hybridized carbons (Fsp3) is 0.0435. The molecule has 0 radical (unpaired) electrons. The monoisotopic (exact) mass is 482 g/mol. The zero-order valence-electron chi connectivity index (χ0n) is 15.3. The second-order valence-corrected chi connectivity index (χ2v) is 7.50. The van der Waals surface area contributed by atoms with E-state index in [0.717, 1.165) is 14.7 Å². The summed E-state index contributed by atoms with van der Waals surface area (Å²) in [4.78, 5) is 25.5. The Hall–Kier alpha value is -2.93. The van der Waals surface area contributed by atoms with Gasteiger partial charge in [-0.05, 0) is 77.6 Å². The maximum absolute atomic E-state index is 12.8. The Balaban J connectivity index is 1.85. The van der Waals surface area contributed by atoms with Crippen molar-refractivity contribution in [3.05, 3.63) is 105 Å². The minimum atomic E-state index is -0.383. The van der Waals surface area contributed by atoms with Gasteiger partial charge in [-0.25, -0.2) is 0 Å². The number of nitrogens with one attached hydrogen (secondary N) is 2.